The maximum atomic E-state index is 7.09. The monoisotopic (exact) mass is 588 g/mol. The van der Waals surface area contributed by atoms with Crippen LogP contribution in [0.15, 0.2) is 170 Å². The van der Waals surface area contributed by atoms with Crippen LogP contribution in [0.2, 0.25) is 0 Å². The third kappa shape index (κ3) is 3.35. The number of ether oxygens (including phenoxy) is 1. The molecule has 0 amide bonds. The molecule has 1 nitrogen and oxygen atoms in total. The Morgan fingerprint density at radius 2 is 1.04 bits per heavy atom. The van der Waals surface area contributed by atoms with Crippen LogP contribution in [-0.2, 0) is 10.8 Å². The van der Waals surface area contributed by atoms with Crippen molar-refractivity contribution in [2.75, 3.05) is 0 Å². The smallest absolute Gasteiger partial charge is 0.139 e. The number of para-hydroxylation sites is 2. The molecule has 0 bridgehead atoms. The van der Waals surface area contributed by atoms with Crippen LogP contribution in [0.4, 0.5) is 0 Å². The van der Waals surface area contributed by atoms with Crippen LogP contribution in [0.1, 0.15) is 51.4 Å². The Bertz CT molecular complexity index is 2220. The van der Waals surface area contributed by atoms with E-state index in [9.17, 15) is 0 Å². The van der Waals surface area contributed by atoms with Crippen LogP contribution in [0.3, 0.4) is 0 Å². The fourth-order valence-electron chi connectivity index (χ4n) is 8.54. The normalized spacial score (nSPS) is 18.0. The Labute approximate surface area is 270 Å². The Balaban J connectivity index is 1.44. The highest BCUT2D eigenvalue weighted by Gasteiger charge is 2.54. The molecular weight excluding hydrogens is 556 g/mol. The van der Waals surface area contributed by atoms with E-state index in [1.165, 1.54) is 61.2 Å². The molecule has 0 saturated heterocycles. The molecule has 1 atom stereocenters. The zero-order valence-electron chi connectivity index (χ0n) is 25.7. The maximum Gasteiger partial charge on any atom is 0.139 e. The van der Waals surface area contributed by atoms with Gasteiger partial charge in [0.1, 0.15) is 11.5 Å². The average Bonchev–Trinajstić information content (AvgIpc) is 3.58. The van der Waals surface area contributed by atoms with Gasteiger partial charge in [-0.05, 0) is 63.1 Å². The summed E-state index contributed by atoms with van der Waals surface area (Å²) in [6.45, 7) is 6.40. The molecule has 0 radical (unpaired) electrons. The highest BCUT2D eigenvalue weighted by Crippen LogP contribution is 2.66. The molecule has 9 rings (SSSR count). The molecule has 1 heterocycles. The fourth-order valence-corrected chi connectivity index (χ4v) is 8.54. The van der Waals surface area contributed by atoms with Crippen LogP contribution in [0.5, 0.6) is 11.5 Å². The summed E-state index contributed by atoms with van der Waals surface area (Å²) in [5.74, 6) is 1.82. The molecule has 1 spiro atoms. The van der Waals surface area contributed by atoms with Gasteiger partial charge in [-0.25, -0.2) is 0 Å². The van der Waals surface area contributed by atoms with Crippen molar-refractivity contribution in [1.29, 1.82) is 0 Å². The lowest BCUT2D eigenvalue weighted by molar-refractivity contribution is 0.425. The SMILES string of the molecule is C=C/C=C\C1=C(c2cccc3c2Oc2ccccc2C3(C)c2ccccc2)C2(c3ccccc31)c1ccccc1-c1ccccc12. The minimum Gasteiger partial charge on any atom is -0.456 e. The van der Waals surface area contributed by atoms with E-state index in [0.29, 0.717) is 0 Å². The standard InChI is InChI=1S/C45H32O/c1-3-4-19-34-33-22-10-13-26-38(33)45(36-24-11-8-20-31(36)32-21-9-12-25-37(32)45)42(34)35-23-16-28-40-43(35)46-41-29-15-14-27-39(41)44(40,2)30-17-6-5-7-18-30/h3-29H,1H2,2H3/b19-4-. The third-order valence-electron chi connectivity index (χ3n) is 10.4. The molecule has 218 valence electrons. The van der Waals surface area contributed by atoms with E-state index in [2.05, 4.69) is 171 Å². The predicted molar refractivity (Wildman–Crippen MR) is 189 cm³/mol. The van der Waals surface area contributed by atoms with Gasteiger partial charge in [0.2, 0.25) is 0 Å². The van der Waals surface area contributed by atoms with E-state index in [0.717, 1.165) is 17.1 Å². The summed E-state index contributed by atoms with van der Waals surface area (Å²) in [5, 5.41) is 0. The molecule has 1 aliphatic heterocycles. The Hall–Kier alpha value is -5.66. The molecule has 46 heavy (non-hydrogen) atoms. The van der Waals surface area contributed by atoms with E-state index in [4.69, 9.17) is 4.74 Å². The van der Waals surface area contributed by atoms with Crippen LogP contribution < -0.4 is 4.74 Å². The van der Waals surface area contributed by atoms with Crippen molar-refractivity contribution in [1.82, 2.24) is 0 Å². The lowest BCUT2D eigenvalue weighted by atomic mass is 9.65. The molecule has 0 N–H and O–H groups in total. The van der Waals surface area contributed by atoms with Crippen molar-refractivity contribution in [3.05, 3.63) is 215 Å². The number of benzene rings is 6. The van der Waals surface area contributed by atoms with Crippen LogP contribution >= 0.6 is 0 Å². The summed E-state index contributed by atoms with van der Waals surface area (Å²) in [5.41, 5.74) is 13.9. The summed E-state index contributed by atoms with van der Waals surface area (Å²) >= 11 is 0. The first kappa shape index (κ1) is 26.7. The summed E-state index contributed by atoms with van der Waals surface area (Å²) in [7, 11) is 0. The molecule has 6 aromatic carbocycles. The largest absolute Gasteiger partial charge is 0.456 e. The molecule has 0 saturated carbocycles. The first-order valence-electron chi connectivity index (χ1n) is 16.0. The van der Waals surface area contributed by atoms with Crippen molar-refractivity contribution < 1.29 is 4.74 Å². The van der Waals surface area contributed by atoms with Gasteiger partial charge in [0.15, 0.2) is 0 Å². The van der Waals surface area contributed by atoms with Crippen molar-refractivity contribution in [3.63, 3.8) is 0 Å². The van der Waals surface area contributed by atoms with Gasteiger partial charge < -0.3 is 4.74 Å². The van der Waals surface area contributed by atoms with Crippen molar-refractivity contribution in [2.45, 2.75) is 17.8 Å². The number of hydrogen-bond donors (Lipinski definition) is 0. The van der Waals surface area contributed by atoms with Gasteiger partial charge in [0.25, 0.3) is 0 Å². The topological polar surface area (TPSA) is 9.23 Å². The minimum atomic E-state index is -0.525. The molecule has 3 aliphatic rings. The van der Waals surface area contributed by atoms with Crippen molar-refractivity contribution in [3.8, 4) is 22.6 Å². The van der Waals surface area contributed by atoms with E-state index < -0.39 is 10.8 Å². The summed E-state index contributed by atoms with van der Waals surface area (Å²) < 4.78 is 7.09. The molecule has 1 unspecified atom stereocenters. The van der Waals surface area contributed by atoms with Crippen molar-refractivity contribution in [2.24, 2.45) is 0 Å². The van der Waals surface area contributed by atoms with E-state index >= 15 is 0 Å². The quantitative estimate of drug-likeness (QED) is 0.186. The molecule has 0 aromatic heterocycles. The maximum absolute atomic E-state index is 7.09. The Morgan fingerprint density at radius 1 is 0.522 bits per heavy atom. The summed E-state index contributed by atoms with van der Waals surface area (Å²) in [4.78, 5) is 0. The third-order valence-corrected chi connectivity index (χ3v) is 10.4. The number of fused-ring (bicyclic) bond motifs is 9. The van der Waals surface area contributed by atoms with Gasteiger partial charge in [0.05, 0.1) is 5.41 Å². The average molecular weight is 589 g/mol. The first-order chi connectivity index (χ1) is 22.7. The van der Waals surface area contributed by atoms with E-state index in [1.807, 2.05) is 6.08 Å². The number of hydrogen-bond acceptors (Lipinski definition) is 1. The molecule has 6 aromatic rings. The minimum absolute atomic E-state index is 0.413. The summed E-state index contributed by atoms with van der Waals surface area (Å²) in [6, 6.07) is 52.9. The van der Waals surface area contributed by atoms with E-state index in [1.54, 1.807) is 0 Å². The predicted octanol–water partition coefficient (Wildman–Crippen LogP) is 11.1. The number of rotatable bonds is 4. The van der Waals surface area contributed by atoms with Crippen LogP contribution in [0.25, 0.3) is 22.3 Å². The molecule has 2 aliphatic carbocycles. The van der Waals surface area contributed by atoms with Gasteiger partial charge in [-0.15, -0.1) is 0 Å². The highest BCUT2D eigenvalue weighted by atomic mass is 16.5. The molecule has 0 fully saturated rings. The number of allylic oxidation sites excluding steroid dienone is 5. The first-order valence-corrected chi connectivity index (χ1v) is 16.0. The van der Waals surface area contributed by atoms with Crippen LogP contribution in [0, 0.1) is 0 Å². The lowest BCUT2D eigenvalue weighted by Crippen LogP contribution is -2.31. The Morgan fingerprint density at radius 3 is 1.72 bits per heavy atom. The second kappa shape index (κ2) is 9.92. The second-order valence-electron chi connectivity index (χ2n) is 12.5. The van der Waals surface area contributed by atoms with Gasteiger partial charge in [-0.1, -0.05) is 164 Å². The molecule has 1 heteroatoms. The van der Waals surface area contributed by atoms with Gasteiger partial charge in [-0.2, -0.15) is 0 Å². The molecular formula is C45H32O. The van der Waals surface area contributed by atoms with Crippen LogP contribution in [-0.4, -0.2) is 0 Å². The van der Waals surface area contributed by atoms with E-state index in [-0.39, 0.29) is 0 Å². The van der Waals surface area contributed by atoms with Gasteiger partial charge >= 0.3 is 0 Å². The zero-order chi connectivity index (χ0) is 30.9. The van der Waals surface area contributed by atoms with Gasteiger partial charge in [0, 0.05) is 22.1 Å². The second-order valence-corrected chi connectivity index (χ2v) is 12.5. The lowest BCUT2D eigenvalue weighted by Gasteiger charge is -2.40. The van der Waals surface area contributed by atoms with Crippen molar-refractivity contribution >= 4 is 11.1 Å². The Kier molecular flexibility index (Phi) is 5.76. The highest BCUT2D eigenvalue weighted by molar-refractivity contribution is 6.13. The summed E-state index contributed by atoms with van der Waals surface area (Å²) in [6.07, 6.45) is 6.18. The van der Waals surface area contributed by atoms with Gasteiger partial charge in [-0.3, -0.25) is 0 Å². The fraction of sp³-hybridized carbons (Fsp3) is 0.0667. The zero-order valence-corrected chi connectivity index (χ0v) is 25.7.